The molecule has 3 rings (SSSR count). The van der Waals surface area contributed by atoms with Gasteiger partial charge in [0.1, 0.15) is 0 Å². The van der Waals surface area contributed by atoms with Gasteiger partial charge < -0.3 is 0 Å². The van der Waals surface area contributed by atoms with Crippen LogP contribution in [0.4, 0.5) is 0 Å². The van der Waals surface area contributed by atoms with Crippen molar-refractivity contribution in [3.63, 3.8) is 0 Å². The summed E-state index contributed by atoms with van der Waals surface area (Å²) in [6, 6.07) is 0. The Morgan fingerprint density at radius 3 is 1.81 bits per heavy atom. The molecule has 3 aliphatic heterocycles. The number of thioether (sulfide) groups is 2. The second-order valence-electron chi connectivity index (χ2n) is 2.80. The van der Waals surface area contributed by atoms with E-state index in [0.29, 0.717) is 0 Å². The Morgan fingerprint density at radius 2 is 1.31 bits per heavy atom. The van der Waals surface area contributed by atoms with E-state index in [0.717, 1.165) is 59.8 Å². The average Bonchev–Trinajstić information content (AvgIpc) is 2.83. The molecule has 8 heteroatoms. The van der Waals surface area contributed by atoms with Crippen LogP contribution >= 0.6 is 55.4 Å². The Kier molecular flexibility index (Phi) is 5.36. The van der Waals surface area contributed by atoms with E-state index in [1.807, 2.05) is 33.6 Å². The Bertz CT molecular complexity index is 407. The van der Waals surface area contributed by atoms with Crippen molar-refractivity contribution in [2.24, 2.45) is 0 Å². The summed E-state index contributed by atoms with van der Waals surface area (Å²) in [5, 5.41) is 3.05. The first-order valence-corrected chi connectivity index (χ1v) is 15.0. The first-order valence-electron chi connectivity index (χ1n) is 4.25. The molecule has 86 valence electrons. The van der Waals surface area contributed by atoms with Crippen molar-refractivity contribution in [1.29, 1.82) is 0 Å². The number of hydrogen-bond donors (Lipinski definition) is 0. The van der Waals surface area contributed by atoms with Crippen LogP contribution < -0.4 is 0 Å². The second kappa shape index (κ2) is 6.16. The molecular weight excluding hydrogens is 636 g/mol. The van der Waals surface area contributed by atoms with Crippen LogP contribution in [0.25, 0.3) is 0 Å². The van der Waals surface area contributed by atoms with Gasteiger partial charge >= 0.3 is 148 Å². The summed E-state index contributed by atoms with van der Waals surface area (Å²) < 4.78 is 9.82. The first kappa shape index (κ1) is 13.9. The summed E-state index contributed by atoms with van der Waals surface area (Å²) in [6.07, 6.45) is 0. The molecule has 0 atom stereocenters. The van der Waals surface area contributed by atoms with Crippen molar-refractivity contribution in [3.8, 4) is 0 Å². The molecule has 0 radical (unpaired) electrons. The molecule has 0 saturated heterocycles. The predicted molar refractivity (Wildman–Crippen MR) is 86.7 cm³/mol. The van der Waals surface area contributed by atoms with Crippen molar-refractivity contribution in [2.45, 2.75) is 10.6 Å². The van der Waals surface area contributed by atoms with Crippen LogP contribution in [0.15, 0.2) is 22.0 Å². The quantitative estimate of drug-likeness (QED) is 0.374. The zero-order chi connectivity index (χ0) is 11.1. The third kappa shape index (κ3) is 3.00. The van der Waals surface area contributed by atoms with E-state index in [1.54, 1.807) is 4.24 Å². The van der Waals surface area contributed by atoms with Gasteiger partial charge in [0.15, 0.2) is 0 Å². The Morgan fingerprint density at radius 1 is 0.812 bits per heavy atom. The summed E-state index contributed by atoms with van der Waals surface area (Å²) >= 11 is 14.3. The predicted octanol–water partition coefficient (Wildman–Crippen LogP) is 3.32. The van der Waals surface area contributed by atoms with Crippen LogP contribution in [0.1, 0.15) is 0 Å². The summed E-state index contributed by atoms with van der Waals surface area (Å²) in [6.45, 7) is 0. The molecule has 0 nitrogen and oxygen atoms in total. The molecule has 0 spiro atoms. The molecule has 0 fully saturated rings. The molecule has 0 aromatic heterocycles. The van der Waals surface area contributed by atoms with E-state index in [9.17, 15) is 0 Å². The van der Waals surface area contributed by atoms with Gasteiger partial charge in [0.05, 0.1) is 0 Å². The van der Waals surface area contributed by atoms with Gasteiger partial charge in [-0.05, 0) is 0 Å². The summed E-state index contributed by atoms with van der Waals surface area (Å²) in [5.41, 5.74) is 0. The molecule has 3 aliphatic rings. The van der Waals surface area contributed by atoms with Crippen LogP contribution in [0, 0.1) is 0 Å². The Hall–Kier alpha value is 2.96. The van der Waals surface area contributed by atoms with E-state index < -0.39 is 0 Å². The minimum absolute atomic E-state index is 0.734. The van der Waals surface area contributed by atoms with Crippen molar-refractivity contribution < 1.29 is 0 Å². The number of rotatable bonds is 0. The molecule has 0 bridgehead atoms. The van der Waals surface area contributed by atoms with Crippen LogP contribution in [0.5, 0.6) is 0 Å². The molecule has 0 aliphatic carbocycles. The fraction of sp³-hybridized carbons (Fsp3) is 0.250. The Labute approximate surface area is 145 Å². The van der Waals surface area contributed by atoms with Gasteiger partial charge in [-0.25, -0.2) is 0 Å². The monoisotopic (exact) mass is 641 g/mol. The molecule has 16 heavy (non-hydrogen) atoms. The fourth-order valence-electron chi connectivity index (χ4n) is 1.15. The zero-order valence-electron chi connectivity index (χ0n) is 7.62. The van der Waals surface area contributed by atoms with Gasteiger partial charge in [-0.2, -0.15) is 0 Å². The normalized spacial score (nSPS) is 25.9. The second-order valence-corrected chi connectivity index (χ2v) is 20.6. The van der Waals surface area contributed by atoms with Crippen molar-refractivity contribution in [2.75, 3.05) is 0 Å². The van der Waals surface area contributed by atoms with Gasteiger partial charge in [0, 0.05) is 0 Å². The Balaban J connectivity index is 1.79. The molecule has 0 aromatic carbocycles. The van der Waals surface area contributed by atoms with Crippen molar-refractivity contribution in [3.05, 3.63) is 22.0 Å². The maximum absolute atomic E-state index is 3.62. The van der Waals surface area contributed by atoms with Gasteiger partial charge in [0.2, 0.25) is 0 Å². The third-order valence-electron chi connectivity index (χ3n) is 1.77. The third-order valence-corrected chi connectivity index (χ3v) is 25.0. The average molecular weight is 640 g/mol. The van der Waals surface area contributed by atoms with Crippen LogP contribution in [-0.2, 0) is 0 Å². The number of halogens is 2. The van der Waals surface area contributed by atoms with Gasteiger partial charge in [-0.15, -0.1) is 0 Å². The van der Waals surface area contributed by atoms with Gasteiger partial charge in [0.25, 0.3) is 0 Å². The fourth-order valence-corrected chi connectivity index (χ4v) is 26.3. The van der Waals surface area contributed by atoms with E-state index in [-0.39, 0.29) is 0 Å². The van der Waals surface area contributed by atoms with E-state index in [2.05, 4.69) is 31.9 Å². The molecule has 3 heterocycles. The molecule has 0 unspecified atom stereocenters. The van der Waals surface area contributed by atoms with Gasteiger partial charge in [-0.1, -0.05) is 0 Å². The van der Waals surface area contributed by atoms with E-state index >= 15 is 0 Å². The van der Waals surface area contributed by atoms with Crippen molar-refractivity contribution >= 4 is 115 Å². The maximum atomic E-state index is 3.62. The summed E-state index contributed by atoms with van der Waals surface area (Å²) in [7, 11) is 0. The summed E-state index contributed by atoms with van der Waals surface area (Å²) in [4.78, 5) is 0. The molecule has 0 N–H and O–H groups in total. The standard InChI is InChI=1S/C8H4Br2S2Se4/c9-3-4(10)12-5(11-3)6-15-7-8(16-6)14-2-1-13-7/h1-2H2. The topological polar surface area (TPSA) is 0 Å². The molecular formula is C8H4Br2S2Se4. The van der Waals surface area contributed by atoms with Crippen molar-refractivity contribution in [1.82, 2.24) is 0 Å². The van der Waals surface area contributed by atoms with Crippen LogP contribution in [0.3, 0.4) is 0 Å². The molecule has 0 saturated carbocycles. The van der Waals surface area contributed by atoms with Gasteiger partial charge in [-0.3, -0.25) is 0 Å². The minimum atomic E-state index is 0.734. The molecule has 0 aromatic rings. The van der Waals surface area contributed by atoms with Crippen LogP contribution in [-0.4, -0.2) is 59.8 Å². The SMILES string of the molecule is BrC1=C(Br)SC(=C2[Se]C3=C([Se]CC[Se]3)[Se]2)S1. The zero-order valence-corrected chi connectivity index (χ0v) is 19.3. The van der Waals surface area contributed by atoms with E-state index in [4.69, 9.17) is 0 Å². The number of hydrogen-bond acceptors (Lipinski definition) is 2. The molecule has 0 amide bonds. The first-order chi connectivity index (χ1) is 7.74. The summed E-state index contributed by atoms with van der Waals surface area (Å²) in [5.74, 6) is 0. The van der Waals surface area contributed by atoms with E-state index in [1.165, 1.54) is 18.3 Å². The van der Waals surface area contributed by atoms with Crippen LogP contribution in [0.2, 0.25) is 10.6 Å².